The highest BCUT2D eigenvalue weighted by atomic mass is 16.5. The van der Waals surface area contributed by atoms with Gasteiger partial charge in [-0.1, -0.05) is 12.1 Å². The Bertz CT molecular complexity index is 770. The molecule has 2 aromatic rings. The first kappa shape index (κ1) is 17.2. The average molecular weight is 327 g/mol. The van der Waals surface area contributed by atoms with Crippen LogP contribution in [0.3, 0.4) is 0 Å². The van der Waals surface area contributed by atoms with Crippen molar-refractivity contribution in [1.82, 2.24) is 0 Å². The first-order valence-electron chi connectivity index (χ1n) is 7.36. The third-order valence-corrected chi connectivity index (χ3v) is 2.97. The minimum absolute atomic E-state index is 0.232. The summed E-state index contributed by atoms with van der Waals surface area (Å²) in [5, 5.41) is 2.59. The lowest BCUT2D eigenvalue weighted by atomic mass is 10.2. The molecule has 0 spiro atoms. The van der Waals surface area contributed by atoms with Crippen LogP contribution in [0.15, 0.2) is 48.5 Å². The summed E-state index contributed by atoms with van der Waals surface area (Å²) in [6.07, 6.45) is 0. The third kappa shape index (κ3) is 4.67. The number of rotatable bonds is 5. The average Bonchev–Trinajstić information content (AvgIpc) is 2.55. The molecule has 0 aliphatic rings. The molecule has 0 saturated heterocycles. The van der Waals surface area contributed by atoms with Crippen molar-refractivity contribution in [3.05, 3.63) is 59.7 Å². The van der Waals surface area contributed by atoms with E-state index >= 15 is 0 Å². The van der Waals surface area contributed by atoms with E-state index in [2.05, 4.69) is 5.32 Å². The molecule has 6 nitrogen and oxygen atoms in total. The largest absolute Gasteiger partial charge is 0.462 e. The maximum Gasteiger partial charge on any atom is 0.343 e. The number of anilines is 1. The van der Waals surface area contributed by atoms with Gasteiger partial charge in [-0.15, -0.1) is 0 Å². The molecule has 0 unspecified atom stereocenters. The molecule has 124 valence electrons. The molecular formula is C18H17NO5. The van der Waals surface area contributed by atoms with Gasteiger partial charge in [-0.25, -0.2) is 9.59 Å². The topological polar surface area (TPSA) is 81.7 Å². The lowest BCUT2D eigenvalue weighted by Gasteiger charge is -2.08. The van der Waals surface area contributed by atoms with Crippen LogP contribution in [0.1, 0.15) is 34.6 Å². The van der Waals surface area contributed by atoms with E-state index in [4.69, 9.17) is 9.47 Å². The van der Waals surface area contributed by atoms with E-state index in [1.165, 1.54) is 19.1 Å². The Kier molecular flexibility index (Phi) is 5.68. The van der Waals surface area contributed by atoms with Crippen LogP contribution in [0.4, 0.5) is 5.69 Å². The van der Waals surface area contributed by atoms with Crippen molar-refractivity contribution in [1.29, 1.82) is 0 Å². The number of amides is 1. The van der Waals surface area contributed by atoms with Gasteiger partial charge in [0.25, 0.3) is 0 Å². The monoisotopic (exact) mass is 327 g/mol. The summed E-state index contributed by atoms with van der Waals surface area (Å²) < 4.78 is 10.2. The summed E-state index contributed by atoms with van der Waals surface area (Å²) in [6, 6.07) is 12.6. The normalized spacial score (nSPS) is 9.92. The van der Waals surface area contributed by atoms with E-state index in [0.29, 0.717) is 11.3 Å². The number of ether oxygens (including phenoxy) is 2. The second-order valence-corrected chi connectivity index (χ2v) is 4.90. The number of hydrogen-bond donors (Lipinski definition) is 1. The molecule has 6 heteroatoms. The van der Waals surface area contributed by atoms with Gasteiger partial charge in [0.2, 0.25) is 5.91 Å². The van der Waals surface area contributed by atoms with Gasteiger partial charge in [-0.3, -0.25) is 4.79 Å². The summed E-state index contributed by atoms with van der Waals surface area (Å²) in [5.41, 5.74) is 1.08. The number of hydrogen-bond acceptors (Lipinski definition) is 5. The number of esters is 2. The van der Waals surface area contributed by atoms with Gasteiger partial charge in [0.15, 0.2) is 0 Å². The Morgan fingerprint density at radius 3 is 2.29 bits per heavy atom. The van der Waals surface area contributed by atoms with E-state index in [-0.39, 0.29) is 23.8 Å². The first-order chi connectivity index (χ1) is 11.5. The fraction of sp³-hybridized carbons (Fsp3) is 0.167. The van der Waals surface area contributed by atoms with E-state index in [9.17, 15) is 14.4 Å². The molecule has 1 amide bonds. The molecule has 0 aliphatic carbocycles. The van der Waals surface area contributed by atoms with E-state index in [1.54, 1.807) is 43.3 Å². The van der Waals surface area contributed by atoms with Crippen LogP contribution >= 0.6 is 0 Å². The molecule has 0 radical (unpaired) electrons. The maximum absolute atomic E-state index is 12.2. The highest BCUT2D eigenvalue weighted by Gasteiger charge is 2.12. The van der Waals surface area contributed by atoms with Crippen molar-refractivity contribution in [3.63, 3.8) is 0 Å². The third-order valence-electron chi connectivity index (χ3n) is 2.97. The summed E-state index contributed by atoms with van der Waals surface area (Å²) in [6.45, 7) is 3.36. The van der Waals surface area contributed by atoms with Gasteiger partial charge in [0.1, 0.15) is 5.75 Å². The molecule has 0 atom stereocenters. The van der Waals surface area contributed by atoms with Crippen molar-refractivity contribution in [2.24, 2.45) is 0 Å². The molecule has 24 heavy (non-hydrogen) atoms. The van der Waals surface area contributed by atoms with Crippen LogP contribution in [0.2, 0.25) is 0 Å². The minimum Gasteiger partial charge on any atom is -0.462 e. The molecule has 2 rings (SSSR count). The van der Waals surface area contributed by atoms with Crippen LogP contribution in [0.5, 0.6) is 5.75 Å². The van der Waals surface area contributed by atoms with E-state index in [1.807, 2.05) is 0 Å². The first-order valence-corrected chi connectivity index (χ1v) is 7.36. The Balaban J connectivity index is 2.13. The summed E-state index contributed by atoms with van der Waals surface area (Å²) in [7, 11) is 0. The predicted molar refractivity (Wildman–Crippen MR) is 88.1 cm³/mol. The highest BCUT2D eigenvalue weighted by Crippen LogP contribution is 2.17. The molecule has 0 aliphatic heterocycles. The van der Waals surface area contributed by atoms with Crippen molar-refractivity contribution in [2.75, 3.05) is 11.9 Å². The lowest BCUT2D eigenvalue weighted by molar-refractivity contribution is -0.114. The molecule has 0 heterocycles. The molecule has 0 fully saturated rings. The Hall–Kier alpha value is -3.15. The van der Waals surface area contributed by atoms with Crippen molar-refractivity contribution >= 4 is 23.5 Å². The number of benzene rings is 2. The van der Waals surface area contributed by atoms with Crippen LogP contribution < -0.4 is 10.1 Å². The maximum atomic E-state index is 12.2. The smallest absolute Gasteiger partial charge is 0.343 e. The molecule has 1 N–H and O–H groups in total. The summed E-state index contributed by atoms with van der Waals surface area (Å²) in [5.74, 6) is -1.08. The number of nitrogens with one attached hydrogen (secondary N) is 1. The van der Waals surface area contributed by atoms with Gasteiger partial charge in [-0.05, 0) is 43.3 Å². The standard InChI is InChI=1S/C18H17NO5/c1-3-23-17(21)14-7-5-9-16(11-14)24-18(22)13-6-4-8-15(10-13)19-12(2)20/h4-11H,3H2,1-2H3,(H,19,20). The number of carbonyl (C=O) groups excluding carboxylic acids is 3. The zero-order valence-corrected chi connectivity index (χ0v) is 13.4. The quantitative estimate of drug-likeness (QED) is 0.674. The zero-order chi connectivity index (χ0) is 17.5. The Morgan fingerprint density at radius 1 is 0.958 bits per heavy atom. The lowest BCUT2D eigenvalue weighted by Crippen LogP contribution is -2.11. The SMILES string of the molecule is CCOC(=O)c1cccc(OC(=O)c2cccc(NC(C)=O)c2)c1. The number of carbonyl (C=O) groups is 3. The van der Waals surface area contributed by atoms with E-state index in [0.717, 1.165) is 0 Å². The predicted octanol–water partition coefficient (Wildman–Crippen LogP) is 3.04. The Labute approximate surface area is 139 Å². The van der Waals surface area contributed by atoms with E-state index < -0.39 is 11.9 Å². The van der Waals surface area contributed by atoms with Gasteiger partial charge >= 0.3 is 11.9 Å². The van der Waals surface area contributed by atoms with Crippen molar-refractivity contribution in [2.45, 2.75) is 13.8 Å². The van der Waals surface area contributed by atoms with Crippen LogP contribution in [0.25, 0.3) is 0 Å². The fourth-order valence-corrected chi connectivity index (χ4v) is 1.99. The van der Waals surface area contributed by atoms with Crippen LogP contribution in [-0.2, 0) is 9.53 Å². The van der Waals surface area contributed by atoms with Gasteiger partial charge < -0.3 is 14.8 Å². The Morgan fingerprint density at radius 2 is 1.62 bits per heavy atom. The van der Waals surface area contributed by atoms with Crippen LogP contribution in [-0.4, -0.2) is 24.5 Å². The molecule has 0 bridgehead atoms. The van der Waals surface area contributed by atoms with Gasteiger partial charge in [0.05, 0.1) is 17.7 Å². The fourth-order valence-electron chi connectivity index (χ4n) is 1.99. The summed E-state index contributed by atoms with van der Waals surface area (Å²) >= 11 is 0. The highest BCUT2D eigenvalue weighted by molar-refractivity contribution is 5.95. The van der Waals surface area contributed by atoms with Crippen molar-refractivity contribution < 1.29 is 23.9 Å². The molecular weight excluding hydrogens is 310 g/mol. The van der Waals surface area contributed by atoms with Crippen molar-refractivity contribution in [3.8, 4) is 5.75 Å². The molecule has 0 saturated carbocycles. The summed E-state index contributed by atoms with van der Waals surface area (Å²) in [4.78, 5) is 35.0. The zero-order valence-electron chi connectivity index (χ0n) is 13.4. The van der Waals surface area contributed by atoms with Gasteiger partial charge in [-0.2, -0.15) is 0 Å². The van der Waals surface area contributed by atoms with Crippen LogP contribution in [0, 0.1) is 0 Å². The minimum atomic E-state index is -0.594. The van der Waals surface area contributed by atoms with Gasteiger partial charge in [0, 0.05) is 12.6 Å². The molecule has 0 aromatic heterocycles. The second kappa shape index (κ2) is 7.92. The second-order valence-electron chi connectivity index (χ2n) is 4.90. The molecule has 2 aromatic carbocycles.